The van der Waals surface area contributed by atoms with Crippen LogP contribution in [0.2, 0.25) is 32.7 Å². The molecule has 226 valence electrons. The van der Waals surface area contributed by atoms with E-state index < -0.39 is 16.1 Å². The summed E-state index contributed by atoms with van der Waals surface area (Å²) in [6.07, 6.45) is 9.37. The monoisotopic (exact) mass is 622 g/mol. The highest BCUT2D eigenvalue weighted by molar-refractivity contribution is 7.80. The van der Waals surface area contributed by atoms with Gasteiger partial charge in [0, 0.05) is 17.9 Å². The first-order valence-electron chi connectivity index (χ1n) is 16.1. The highest BCUT2D eigenvalue weighted by atomic mass is 32.1. The summed E-state index contributed by atoms with van der Waals surface area (Å²) < 4.78 is 0. The lowest BCUT2D eigenvalue weighted by atomic mass is 10.0. The van der Waals surface area contributed by atoms with Gasteiger partial charge < -0.3 is 0 Å². The lowest BCUT2D eigenvalue weighted by Crippen LogP contribution is -2.43. The molecule has 0 bridgehead atoms. The lowest BCUT2D eigenvalue weighted by molar-refractivity contribution is 0.856. The van der Waals surface area contributed by atoms with Gasteiger partial charge in [-0.15, -0.1) is 25.3 Å². The second-order valence-electron chi connectivity index (χ2n) is 13.7. The largest absolute Gasteiger partial charge is 0.143 e. The number of rotatable bonds is 13. The summed E-state index contributed by atoms with van der Waals surface area (Å²) in [6, 6.07) is 23.2. The third-order valence-electron chi connectivity index (χ3n) is 7.67. The fraction of sp³-hybridized carbons (Fsp3) is 0.514. The molecule has 0 fully saturated rings. The maximum atomic E-state index is 4.82. The zero-order chi connectivity index (χ0) is 30.6. The molecule has 0 unspecified atom stereocenters. The van der Waals surface area contributed by atoms with E-state index in [1.54, 1.807) is 10.8 Å². The standard InChI is InChI=1S/C21H30SSi.C16H28SSi/c1-5-10-18-14-17(15-19(11-6-2)21(18)22)16-23(3,4)20-12-8-7-9-13-20;1-6-8-14-10-13(12-18(3,4)5)11-15(9-7-2)16(14)17/h7-9,12-15,22H,5-6,10-11,16H2,1-4H3;10-11,17H,6-9,12H2,1-5H3. The fourth-order valence-electron chi connectivity index (χ4n) is 5.82. The van der Waals surface area contributed by atoms with Crippen LogP contribution >= 0.6 is 25.3 Å². The van der Waals surface area contributed by atoms with Crippen molar-refractivity contribution in [1.82, 2.24) is 0 Å². The van der Waals surface area contributed by atoms with Gasteiger partial charge in [0.05, 0.1) is 8.07 Å². The van der Waals surface area contributed by atoms with Crippen LogP contribution in [0.15, 0.2) is 64.4 Å². The maximum absolute atomic E-state index is 4.82. The molecule has 0 aromatic heterocycles. The molecule has 0 atom stereocenters. The van der Waals surface area contributed by atoms with E-state index in [0.29, 0.717) is 0 Å². The first-order chi connectivity index (χ1) is 19.3. The van der Waals surface area contributed by atoms with Crippen LogP contribution < -0.4 is 5.19 Å². The van der Waals surface area contributed by atoms with Crippen LogP contribution in [-0.4, -0.2) is 16.1 Å². The summed E-state index contributed by atoms with van der Waals surface area (Å²) in [5.74, 6) is 0. The van der Waals surface area contributed by atoms with Crippen molar-refractivity contribution >= 4 is 46.6 Å². The SMILES string of the molecule is CCCc1cc(C[Si](C)(C)C)cc(CCC)c1S.CCCc1cc(C[Si](C)(C)c2ccccc2)cc(CCC)c1S. The van der Waals surface area contributed by atoms with E-state index in [0.717, 1.165) is 25.7 Å². The maximum Gasteiger partial charge on any atom is 0.0849 e. The smallest absolute Gasteiger partial charge is 0.0849 e. The lowest BCUT2D eigenvalue weighted by Gasteiger charge is -2.24. The van der Waals surface area contributed by atoms with Gasteiger partial charge >= 0.3 is 0 Å². The van der Waals surface area contributed by atoms with Gasteiger partial charge in [-0.25, -0.2) is 0 Å². The van der Waals surface area contributed by atoms with Crippen LogP contribution in [-0.2, 0) is 37.8 Å². The Morgan fingerprint density at radius 2 is 0.854 bits per heavy atom. The molecule has 0 spiro atoms. The normalized spacial score (nSPS) is 11.8. The zero-order valence-corrected chi connectivity index (χ0v) is 31.5. The molecule has 0 saturated carbocycles. The molecular formula is C37H58S2Si2. The van der Waals surface area contributed by atoms with Gasteiger partial charge in [0.15, 0.2) is 0 Å². The first-order valence-corrected chi connectivity index (χ1v) is 23.9. The Bertz CT molecular complexity index is 1160. The quantitative estimate of drug-likeness (QED) is 0.137. The number of aryl methyl sites for hydroxylation is 4. The van der Waals surface area contributed by atoms with Crippen LogP contribution in [0.3, 0.4) is 0 Å². The molecular weight excluding hydrogens is 565 g/mol. The van der Waals surface area contributed by atoms with E-state index in [1.165, 1.54) is 75.4 Å². The molecule has 0 aliphatic carbocycles. The van der Waals surface area contributed by atoms with E-state index in [1.807, 2.05) is 0 Å². The van der Waals surface area contributed by atoms with Crippen molar-refractivity contribution in [1.29, 1.82) is 0 Å². The molecule has 0 radical (unpaired) electrons. The summed E-state index contributed by atoms with van der Waals surface area (Å²) in [4.78, 5) is 2.48. The first kappa shape index (κ1) is 36.0. The summed E-state index contributed by atoms with van der Waals surface area (Å²) in [5.41, 5.74) is 8.85. The molecule has 0 amide bonds. The Kier molecular flexibility index (Phi) is 15.1. The van der Waals surface area contributed by atoms with E-state index in [4.69, 9.17) is 25.3 Å². The minimum absolute atomic E-state index is 1.03. The van der Waals surface area contributed by atoms with Gasteiger partial charge in [0.1, 0.15) is 0 Å². The molecule has 0 nitrogen and oxygen atoms in total. The average molecular weight is 623 g/mol. The molecule has 3 rings (SSSR count). The van der Waals surface area contributed by atoms with Crippen LogP contribution in [0.4, 0.5) is 0 Å². The van der Waals surface area contributed by atoms with Gasteiger partial charge in [-0.2, -0.15) is 0 Å². The molecule has 0 saturated heterocycles. The molecule has 3 aromatic carbocycles. The minimum Gasteiger partial charge on any atom is -0.143 e. The van der Waals surface area contributed by atoms with Crippen LogP contribution in [0.5, 0.6) is 0 Å². The molecule has 0 heterocycles. The molecule has 0 N–H and O–H groups in total. The zero-order valence-electron chi connectivity index (χ0n) is 27.7. The third kappa shape index (κ3) is 11.8. The van der Waals surface area contributed by atoms with Gasteiger partial charge in [0.25, 0.3) is 0 Å². The van der Waals surface area contributed by atoms with E-state index in [2.05, 4.69) is 115 Å². The number of hydrogen-bond acceptors (Lipinski definition) is 2. The van der Waals surface area contributed by atoms with Gasteiger partial charge in [0.2, 0.25) is 0 Å². The number of benzene rings is 3. The highest BCUT2D eigenvalue weighted by Gasteiger charge is 2.24. The third-order valence-corrected chi connectivity index (χ3v) is 13.5. The van der Waals surface area contributed by atoms with Crippen molar-refractivity contribution < 1.29 is 0 Å². The molecule has 41 heavy (non-hydrogen) atoms. The van der Waals surface area contributed by atoms with Crippen molar-refractivity contribution in [2.75, 3.05) is 0 Å². The summed E-state index contributed by atoms with van der Waals surface area (Å²) in [5, 5.41) is 1.55. The highest BCUT2D eigenvalue weighted by Crippen LogP contribution is 2.27. The minimum atomic E-state index is -1.45. The van der Waals surface area contributed by atoms with Gasteiger partial charge in [-0.1, -0.05) is 151 Å². The predicted octanol–water partition coefficient (Wildman–Crippen LogP) is 10.9. The topological polar surface area (TPSA) is 0 Å². The second-order valence-corrected chi connectivity index (χ2v) is 24.8. The molecule has 0 aliphatic heterocycles. The van der Waals surface area contributed by atoms with Gasteiger partial charge in [-0.05, 0) is 65.6 Å². The van der Waals surface area contributed by atoms with Crippen LogP contribution in [0.25, 0.3) is 0 Å². The van der Waals surface area contributed by atoms with Gasteiger partial charge in [-0.3, -0.25) is 0 Å². The summed E-state index contributed by atoms with van der Waals surface area (Å²) in [7, 11) is -2.49. The fourth-order valence-corrected chi connectivity index (χ4v) is 10.5. The number of thiol groups is 2. The van der Waals surface area contributed by atoms with Crippen molar-refractivity contribution in [3.05, 3.63) is 88.0 Å². The number of hydrogen-bond donors (Lipinski definition) is 2. The van der Waals surface area contributed by atoms with E-state index in [9.17, 15) is 0 Å². The van der Waals surface area contributed by atoms with Crippen molar-refractivity contribution in [3.8, 4) is 0 Å². The van der Waals surface area contributed by atoms with Crippen LogP contribution in [0.1, 0.15) is 86.8 Å². The molecule has 3 aromatic rings. The van der Waals surface area contributed by atoms with E-state index in [-0.39, 0.29) is 0 Å². The Morgan fingerprint density at radius 3 is 1.17 bits per heavy atom. The second kappa shape index (κ2) is 17.2. The predicted molar refractivity (Wildman–Crippen MR) is 198 cm³/mol. The van der Waals surface area contributed by atoms with Crippen molar-refractivity contribution in [2.45, 2.75) is 134 Å². The Balaban J connectivity index is 0.000000296. The van der Waals surface area contributed by atoms with Crippen LogP contribution in [0, 0.1) is 0 Å². The van der Waals surface area contributed by atoms with Crippen molar-refractivity contribution in [2.24, 2.45) is 0 Å². The Labute approximate surface area is 267 Å². The average Bonchev–Trinajstić information content (AvgIpc) is 2.90. The Hall–Kier alpha value is -1.21. The summed E-state index contributed by atoms with van der Waals surface area (Å²) >= 11 is 9.57. The summed E-state index contributed by atoms with van der Waals surface area (Å²) in [6.45, 7) is 21.3. The van der Waals surface area contributed by atoms with Crippen molar-refractivity contribution in [3.63, 3.8) is 0 Å². The molecule has 0 aliphatic rings. The Morgan fingerprint density at radius 1 is 0.512 bits per heavy atom. The van der Waals surface area contributed by atoms with E-state index >= 15 is 0 Å². The molecule has 4 heteroatoms.